The average molecular weight is 332 g/mol. The van der Waals surface area contributed by atoms with Crippen LogP contribution in [-0.2, 0) is 14.6 Å². The maximum atomic E-state index is 12.8. The minimum atomic E-state index is -3.97. The number of amides is 1. The highest BCUT2D eigenvalue weighted by atomic mass is 32.2. The van der Waals surface area contributed by atoms with Crippen LogP contribution in [0, 0.1) is 11.3 Å². The van der Waals surface area contributed by atoms with Gasteiger partial charge in [-0.15, -0.1) is 0 Å². The number of sulfone groups is 1. The summed E-state index contributed by atoms with van der Waals surface area (Å²) in [5, 5.41) is 13.7. The van der Waals surface area contributed by atoms with Gasteiger partial charge in [-0.1, -0.05) is 12.1 Å². The van der Waals surface area contributed by atoms with Gasteiger partial charge < -0.3 is 4.90 Å². The van der Waals surface area contributed by atoms with E-state index in [1.807, 2.05) is 6.07 Å². The number of anilines is 1. The Morgan fingerprint density at radius 2 is 1.91 bits per heavy atom. The van der Waals surface area contributed by atoms with E-state index < -0.39 is 20.8 Å². The zero-order chi connectivity index (χ0) is 16.4. The molecule has 0 saturated carbocycles. The smallest absolute Gasteiger partial charge is 0.286 e. The second-order valence-corrected chi connectivity index (χ2v) is 7.28. The lowest BCUT2D eigenvalue weighted by molar-refractivity contribution is -0.124. The molecule has 2 heterocycles. The van der Waals surface area contributed by atoms with Crippen molar-refractivity contribution in [2.24, 2.45) is 5.10 Å². The number of likely N-dealkylation sites (tertiary alicyclic amines) is 1. The molecule has 8 heteroatoms. The summed E-state index contributed by atoms with van der Waals surface area (Å²) >= 11 is 0. The first-order chi connectivity index (χ1) is 11.1. The van der Waals surface area contributed by atoms with Gasteiger partial charge in [0.25, 0.3) is 5.91 Å². The van der Waals surface area contributed by atoms with Crippen molar-refractivity contribution in [3.63, 3.8) is 0 Å². The van der Waals surface area contributed by atoms with Crippen LogP contribution in [0.2, 0.25) is 0 Å². The van der Waals surface area contributed by atoms with E-state index >= 15 is 0 Å². The standard InChI is InChI=1S/C15H16N4O3S/c16-8-11-19-12-6-2-3-7-13(12)23(21,22)14(17-19)15(20)18-9-4-1-5-10-18/h2-3,6-7H,1,4-5,9-11H2. The predicted molar refractivity (Wildman–Crippen MR) is 84.5 cm³/mol. The van der Waals surface area contributed by atoms with Gasteiger partial charge in [0.1, 0.15) is 6.54 Å². The van der Waals surface area contributed by atoms with E-state index in [1.165, 1.54) is 16.0 Å². The molecule has 3 rings (SSSR count). The molecule has 0 aliphatic carbocycles. The minimum Gasteiger partial charge on any atom is -0.337 e. The number of benzene rings is 1. The first kappa shape index (κ1) is 15.5. The van der Waals surface area contributed by atoms with E-state index in [4.69, 9.17) is 5.26 Å². The third kappa shape index (κ3) is 2.68. The van der Waals surface area contributed by atoms with E-state index in [1.54, 1.807) is 18.2 Å². The van der Waals surface area contributed by atoms with Crippen molar-refractivity contribution in [2.75, 3.05) is 24.6 Å². The van der Waals surface area contributed by atoms with Crippen LogP contribution < -0.4 is 5.01 Å². The molecule has 1 aromatic rings. The molecule has 0 spiro atoms. The Labute approximate surface area is 134 Å². The number of nitriles is 1. The number of hydrazone groups is 1. The van der Waals surface area contributed by atoms with E-state index in [0.29, 0.717) is 18.8 Å². The highest BCUT2D eigenvalue weighted by molar-refractivity contribution is 8.08. The van der Waals surface area contributed by atoms with Crippen LogP contribution in [0.1, 0.15) is 19.3 Å². The van der Waals surface area contributed by atoms with Crippen molar-refractivity contribution in [1.82, 2.24) is 4.90 Å². The van der Waals surface area contributed by atoms with Gasteiger partial charge in [-0.3, -0.25) is 4.79 Å². The van der Waals surface area contributed by atoms with Crippen LogP contribution in [0.3, 0.4) is 0 Å². The zero-order valence-corrected chi connectivity index (χ0v) is 13.3. The molecular formula is C15H16N4O3S. The molecule has 2 aliphatic rings. The minimum absolute atomic E-state index is 0.0191. The molecule has 0 radical (unpaired) electrons. The Hall–Kier alpha value is -2.40. The van der Waals surface area contributed by atoms with Gasteiger partial charge in [0, 0.05) is 13.1 Å². The lowest BCUT2D eigenvalue weighted by Crippen LogP contribution is -2.45. The maximum absolute atomic E-state index is 12.8. The number of carbonyl (C=O) groups is 1. The molecule has 1 amide bonds. The fourth-order valence-corrected chi connectivity index (χ4v) is 4.28. The summed E-state index contributed by atoms with van der Waals surface area (Å²) < 4.78 is 25.5. The normalized spacial score (nSPS) is 19.5. The molecule has 1 fully saturated rings. The summed E-state index contributed by atoms with van der Waals surface area (Å²) in [6.07, 6.45) is 2.75. The number of carbonyl (C=O) groups excluding carboxylic acids is 1. The van der Waals surface area contributed by atoms with Gasteiger partial charge >= 0.3 is 0 Å². The molecule has 0 atom stereocenters. The number of piperidine rings is 1. The molecule has 2 aliphatic heterocycles. The van der Waals surface area contributed by atoms with Gasteiger partial charge in [-0.05, 0) is 31.4 Å². The Morgan fingerprint density at radius 1 is 1.22 bits per heavy atom. The monoisotopic (exact) mass is 332 g/mol. The van der Waals surface area contributed by atoms with Crippen LogP contribution in [0.5, 0.6) is 0 Å². The summed E-state index contributed by atoms with van der Waals surface area (Å²) in [5.41, 5.74) is 0.323. The Bertz CT molecular complexity index is 804. The summed E-state index contributed by atoms with van der Waals surface area (Å²) in [5.74, 6) is -0.581. The fourth-order valence-electron chi connectivity index (χ4n) is 2.80. The largest absolute Gasteiger partial charge is 0.337 e. The Kier molecular flexibility index (Phi) is 4.05. The van der Waals surface area contributed by atoms with Gasteiger partial charge in [0.15, 0.2) is 0 Å². The third-order valence-electron chi connectivity index (χ3n) is 3.95. The molecule has 0 unspecified atom stereocenters. The van der Waals surface area contributed by atoms with Crippen LogP contribution >= 0.6 is 0 Å². The number of hydrogen-bond acceptors (Lipinski definition) is 6. The molecule has 0 bridgehead atoms. The first-order valence-corrected chi connectivity index (χ1v) is 8.90. The van der Waals surface area contributed by atoms with Gasteiger partial charge in [0.05, 0.1) is 16.7 Å². The Balaban J connectivity index is 2.05. The lowest BCUT2D eigenvalue weighted by Gasteiger charge is -2.30. The second kappa shape index (κ2) is 6.01. The summed E-state index contributed by atoms with van der Waals surface area (Å²) in [7, 11) is -3.97. The number of nitrogens with zero attached hydrogens (tertiary/aromatic N) is 4. The van der Waals surface area contributed by atoms with E-state index in [0.717, 1.165) is 19.3 Å². The number of rotatable bonds is 2. The summed E-state index contributed by atoms with van der Waals surface area (Å²) in [6, 6.07) is 8.23. The van der Waals surface area contributed by atoms with Crippen molar-refractivity contribution >= 4 is 26.5 Å². The second-order valence-electron chi connectivity index (χ2n) is 5.44. The fraction of sp³-hybridized carbons (Fsp3) is 0.400. The van der Waals surface area contributed by atoms with Crippen LogP contribution in [-0.4, -0.2) is 43.9 Å². The SMILES string of the molecule is N#CCN1N=C(C(=O)N2CCCCC2)S(=O)(=O)c2ccccc21. The molecule has 0 N–H and O–H groups in total. The quantitative estimate of drug-likeness (QED) is 0.757. The molecule has 120 valence electrons. The van der Waals surface area contributed by atoms with E-state index in [9.17, 15) is 13.2 Å². The summed E-state index contributed by atoms with van der Waals surface area (Å²) in [4.78, 5) is 14.2. The Morgan fingerprint density at radius 3 is 2.61 bits per heavy atom. The van der Waals surface area contributed by atoms with Gasteiger partial charge in [0.2, 0.25) is 14.9 Å². The van der Waals surface area contributed by atoms with Crippen LogP contribution in [0.15, 0.2) is 34.3 Å². The van der Waals surface area contributed by atoms with E-state index in [2.05, 4.69) is 5.10 Å². The lowest BCUT2D eigenvalue weighted by atomic mass is 10.1. The molecule has 7 nitrogen and oxygen atoms in total. The van der Waals surface area contributed by atoms with Crippen LogP contribution in [0.25, 0.3) is 0 Å². The van der Waals surface area contributed by atoms with Crippen molar-refractivity contribution in [3.8, 4) is 6.07 Å². The number of hydrogen-bond donors (Lipinski definition) is 0. The van der Waals surface area contributed by atoms with Crippen LogP contribution in [0.4, 0.5) is 5.69 Å². The molecule has 0 aromatic heterocycles. The van der Waals surface area contributed by atoms with Gasteiger partial charge in [-0.2, -0.15) is 10.4 Å². The maximum Gasteiger partial charge on any atom is 0.286 e. The van der Waals surface area contributed by atoms with Crippen molar-refractivity contribution in [2.45, 2.75) is 24.2 Å². The molecular weight excluding hydrogens is 316 g/mol. The molecule has 23 heavy (non-hydrogen) atoms. The third-order valence-corrected chi connectivity index (χ3v) is 5.64. The number of para-hydroxylation sites is 1. The molecule has 1 saturated heterocycles. The number of fused-ring (bicyclic) bond motifs is 1. The zero-order valence-electron chi connectivity index (χ0n) is 12.5. The van der Waals surface area contributed by atoms with E-state index in [-0.39, 0.29) is 11.4 Å². The summed E-state index contributed by atoms with van der Waals surface area (Å²) in [6.45, 7) is 0.948. The highest BCUT2D eigenvalue weighted by Gasteiger charge is 2.39. The average Bonchev–Trinajstić information content (AvgIpc) is 2.58. The molecule has 1 aromatic carbocycles. The first-order valence-electron chi connectivity index (χ1n) is 7.42. The highest BCUT2D eigenvalue weighted by Crippen LogP contribution is 2.31. The van der Waals surface area contributed by atoms with Crippen molar-refractivity contribution in [1.29, 1.82) is 5.26 Å². The van der Waals surface area contributed by atoms with Gasteiger partial charge in [-0.25, -0.2) is 13.4 Å². The topological polar surface area (TPSA) is 93.8 Å². The van der Waals surface area contributed by atoms with Crippen molar-refractivity contribution < 1.29 is 13.2 Å². The van der Waals surface area contributed by atoms with Crippen molar-refractivity contribution in [3.05, 3.63) is 24.3 Å². The predicted octanol–water partition coefficient (Wildman–Crippen LogP) is 1.13.